The van der Waals surface area contributed by atoms with Crippen LogP contribution in [0.2, 0.25) is 0 Å². The zero-order valence-electron chi connectivity index (χ0n) is 19.5. The van der Waals surface area contributed by atoms with Gasteiger partial charge in [-0.05, 0) is 84.1 Å². The molecule has 0 bridgehead atoms. The quantitative estimate of drug-likeness (QED) is 0.608. The summed E-state index contributed by atoms with van der Waals surface area (Å²) >= 11 is 0. The minimum absolute atomic E-state index is 0.00997. The molecular weight excluding hydrogens is 392 g/mol. The summed E-state index contributed by atoms with van der Waals surface area (Å²) in [6, 6.07) is 1.92. The van der Waals surface area contributed by atoms with Gasteiger partial charge in [0.1, 0.15) is 11.2 Å². The lowest BCUT2D eigenvalue weighted by atomic mass is 9.79. The first-order chi connectivity index (χ1) is 14.4. The highest BCUT2D eigenvalue weighted by atomic mass is 16.4. The van der Waals surface area contributed by atoms with E-state index in [2.05, 4.69) is 38.3 Å². The van der Waals surface area contributed by atoms with E-state index < -0.39 is 5.63 Å². The summed E-state index contributed by atoms with van der Waals surface area (Å²) in [6.45, 7) is 14.4. The van der Waals surface area contributed by atoms with Crippen molar-refractivity contribution in [3.8, 4) is 0 Å². The zero-order valence-corrected chi connectivity index (χ0v) is 19.5. The Kier molecular flexibility index (Phi) is 5.04. The van der Waals surface area contributed by atoms with Crippen LogP contribution in [-0.4, -0.2) is 23.0 Å². The Morgan fingerprint density at radius 3 is 2.39 bits per heavy atom. The van der Waals surface area contributed by atoms with Crippen molar-refractivity contribution in [2.45, 2.75) is 84.8 Å². The minimum Gasteiger partial charge on any atom is -0.463 e. The number of carbonyl (C=O) groups excluding carboxylic acids is 1. The molecule has 1 aromatic carbocycles. The highest BCUT2D eigenvalue weighted by Gasteiger charge is 2.38. The van der Waals surface area contributed by atoms with E-state index in [9.17, 15) is 9.59 Å². The molecule has 1 saturated heterocycles. The van der Waals surface area contributed by atoms with Crippen molar-refractivity contribution < 1.29 is 13.6 Å². The summed E-state index contributed by atoms with van der Waals surface area (Å²) in [5.41, 5.74) is 3.76. The number of carbonyl (C=O) groups is 1. The van der Waals surface area contributed by atoms with Crippen LogP contribution in [0, 0.1) is 20.8 Å². The van der Waals surface area contributed by atoms with Gasteiger partial charge in [-0.15, -0.1) is 0 Å². The minimum atomic E-state index is -0.465. The molecule has 3 heterocycles. The highest BCUT2D eigenvalue weighted by molar-refractivity contribution is 6.07. The largest absolute Gasteiger partial charge is 0.463 e. The van der Waals surface area contributed by atoms with Crippen LogP contribution in [0.3, 0.4) is 0 Å². The second-order valence-corrected chi connectivity index (χ2v) is 10.4. The second-order valence-electron chi connectivity index (χ2n) is 10.4. The molecule has 0 atom stereocenters. The van der Waals surface area contributed by atoms with Crippen molar-refractivity contribution in [2.24, 2.45) is 0 Å². The van der Waals surface area contributed by atoms with Crippen molar-refractivity contribution in [1.82, 2.24) is 10.6 Å². The van der Waals surface area contributed by atoms with E-state index >= 15 is 0 Å². The van der Waals surface area contributed by atoms with Crippen molar-refractivity contribution in [2.75, 3.05) is 0 Å². The molecule has 1 aliphatic rings. The van der Waals surface area contributed by atoms with Gasteiger partial charge in [0.2, 0.25) is 5.91 Å². The van der Waals surface area contributed by atoms with Crippen molar-refractivity contribution in [3.63, 3.8) is 0 Å². The van der Waals surface area contributed by atoms with E-state index in [1.807, 2.05) is 26.8 Å². The number of furan rings is 1. The smallest absolute Gasteiger partial charge is 0.340 e. The van der Waals surface area contributed by atoms with Gasteiger partial charge in [-0.25, -0.2) is 4.79 Å². The lowest BCUT2D eigenvalue weighted by Crippen LogP contribution is -2.62. The molecule has 1 fully saturated rings. The molecule has 2 aromatic heterocycles. The van der Waals surface area contributed by atoms with E-state index in [-0.39, 0.29) is 29.4 Å². The summed E-state index contributed by atoms with van der Waals surface area (Å²) in [4.78, 5) is 25.7. The third-order valence-electron chi connectivity index (χ3n) is 6.36. The molecule has 6 nitrogen and oxygen atoms in total. The molecule has 0 unspecified atom stereocenters. The Labute approximate surface area is 182 Å². The molecule has 1 aliphatic heterocycles. The number of fused-ring (bicyclic) bond motifs is 3. The van der Waals surface area contributed by atoms with E-state index in [4.69, 9.17) is 8.83 Å². The molecule has 0 saturated carbocycles. The molecule has 31 heavy (non-hydrogen) atoms. The summed E-state index contributed by atoms with van der Waals surface area (Å²) in [5, 5.41) is 8.56. The molecule has 0 radical (unpaired) electrons. The number of piperidine rings is 1. The van der Waals surface area contributed by atoms with Crippen LogP contribution in [0.25, 0.3) is 21.9 Å². The fourth-order valence-electron chi connectivity index (χ4n) is 5.54. The van der Waals surface area contributed by atoms with E-state index in [0.717, 1.165) is 40.3 Å². The lowest BCUT2D eigenvalue weighted by Gasteiger charge is -2.46. The number of nitrogens with one attached hydrogen (secondary N) is 2. The highest BCUT2D eigenvalue weighted by Crippen LogP contribution is 2.34. The number of hydrogen-bond acceptors (Lipinski definition) is 5. The average molecular weight is 425 g/mol. The maximum absolute atomic E-state index is 12.9. The normalized spacial score (nSPS) is 18.5. The molecule has 1 amide bonds. The topological polar surface area (TPSA) is 84.5 Å². The fraction of sp³-hybridized carbons (Fsp3) is 0.520. The fourth-order valence-corrected chi connectivity index (χ4v) is 5.54. The van der Waals surface area contributed by atoms with E-state index in [1.165, 1.54) is 0 Å². The zero-order chi connectivity index (χ0) is 22.7. The number of hydrogen-bond donors (Lipinski definition) is 2. The third-order valence-corrected chi connectivity index (χ3v) is 6.36. The standard InChI is InChI=1S/C25H32N2O4/c1-13-8-18-21(22-20(13)14(2)12-30-22)15(3)17(23(29)31-18)9-19(28)26-16-10-24(4,5)27-25(6,7)11-16/h8,12,16,27H,9-11H2,1-7H3,(H,26,28). The van der Waals surface area contributed by atoms with Gasteiger partial charge in [0.05, 0.1) is 23.6 Å². The van der Waals surface area contributed by atoms with Crippen molar-refractivity contribution >= 4 is 27.8 Å². The monoisotopic (exact) mass is 424 g/mol. The van der Waals surface area contributed by atoms with Crippen LogP contribution < -0.4 is 16.3 Å². The molecule has 0 spiro atoms. The van der Waals surface area contributed by atoms with Crippen LogP contribution in [0.1, 0.15) is 62.8 Å². The molecule has 0 aliphatic carbocycles. The van der Waals surface area contributed by atoms with E-state index in [1.54, 1.807) is 6.26 Å². The average Bonchev–Trinajstić information content (AvgIpc) is 2.97. The molecular formula is C25H32N2O4. The first-order valence-electron chi connectivity index (χ1n) is 10.9. The SMILES string of the molecule is Cc1coc2c1c(C)cc1oc(=O)c(CC(=O)NC3CC(C)(C)NC(C)(C)C3)c(C)c12. The number of amides is 1. The predicted molar refractivity (Wildman–Crippen MR) is 123 cm³/mol. The summed E-state index contributed by atoms with van der Waals surface area (Å²) in [5.74, 6) is -0.160. The molecule has 6 heteroatoms. The Morgan fingerprint density at radius 1 is 1.10 bits per heavy atom. The number of benzene rings is 1. The van der Waals surface area contributed by atoms with Crippen LogP contribution in [-0.2, 0) is 11.2 Å². The second kappa shape index (κ2) is 7.23. The van der Waals surface area contributed by atoms with Crippen LogP contribution in [0.4, 0.5) is 0 Å². The van der Waals surface area contributed by atoms with Crippen LogP contribution in [0.15, 0.2) is 26.0 Å². The Morgan fingerprint density at radius 2 is 1.74 bits per heavy atom. The number of aryl methyl sites for hydroxylation is 3. The Bertz CT molecular complexity index is 1230. The van der Waals surface area contributed by atoms with Gasteiger partial charge in [0.25, 0.3) is 0 Å². The van der Waals surface area contributed by atoms with Gasteiger partial charge >= 0.3 is 5.63 Å². The Balaban J connectivity index is 1.67. The molecule has 3 aromatic rings. The van der Waals surface area contributed by atoms with Gasteiger partial charge in [-0.1, -0.05) is 0 Å². The van der Waals surface area contributed by atoms with Gasteiger partial charge in [0, 0.05) is 22.5 Å². The first kappa shape index (κ1) is 21.6. The molecule has 2 N–H and O–H groups in total. The van der Waals surface area contributed by atoms with Gasteiger partial charge in [0.15, 0.2) is 0 Å². The van der Waals surface area contributed by atoms with Crippen LogP contribution in [0.5, 0.6) is 0 Å². The van der Waals surface area contributed by atoms with Gasteiger partial charge < -0.3 is 19.5 Å². The third kappa shape index (κ3) is 4.01. The molecule has 166 valence electrons. The van der Waals surface area contributed by atoms with Crippen LogP contribution >= 0.6 is 0 Å². The summed E-state index contributed by atoms with van der Waals surface area (Å²) in [6.07, 6.45) is 3.37. The number of rotatable bonds is 3. The first-order valence-corrected chi connectivity index (χ1v) is 10.9. The predicted octanol–water partition coefficient (Wildman–Crippen LogP) is 4.43. The summed E-state index contributed by atoms with van der Waals surface area (Å²) in [7, 11) is 0. The van der Waals surface area contributed by atoms with Gasteiger partial charge in [-0.2, -0.15) is 0 Å². The maximum Gasteiger partial charge on any atom is 0.340 e. The summed E-state index contributed by atoms with van der Waals surface area (Å²) < 4.78 is 11.4. The van der Waals surface area contributed by atoms with Gasteiger partial charge in [-0.3, -0.25) is 4.79 Å². The lowest BCUT2D eigenvalue weighted by molar-refractivity contribution is -0.121. The maximum atomic E-state index is 12.9. The van der Waals surface area contributed by atoms with Crippen molar-refractivity contribution in [1.29, 1.82) is 0 Å². The molecule has 4 rings (SSSR count). The van der Waals surface area contributed by atoms with E-state index in [0.29, 0.717) is 16.7 Å². The Hall–Kier alpha value is -2.60. The van der Waals surface area contributed by atoms with Crippen molar-refractivity contribution in [3.05, 3.63) is 45.0 Å².